The van der Waals surface area contributed by atoms with Gasteiger partial charge in [0.25, 0.3) is 0 Å². The number of rotatable bonds is 3. The number of nitrogens with zero attached hydrogens (tertiary/aromatic N) is 3. The number of anilines is 1. The lowest BCUT2D eigenvalue weighted by Gasteiger charge is -2.08. The van der Waals surface area contributed by atoms with E-state index in [0.717, 1.165) is 6.07 Å². The molecule has 5 nitrogen and oxygen atoms in total. The monoisotopic (exact) mass is 296 g/mol. The molecule has 7 heteroatoms. The molecule has 1 rings (SSSR count). The van der Waals surface area contributed by atoms with E-state index in [4.69, 9.17) is 15.3 Å². The summed E-state index contributed by atoms with van der Waals surface area (Å²) in [5.74, 6) is -0.184. The number of ether oxygens (including phenoxy) is 1. The predicted octanol–water partition coefficient (Wildman–Crippen LogP) is 2.41. The van der Waals surface area contributed by atoms with Crippen molar-refractivity contribution in [2.45, 2.75) is 0 Å². The number of benzene rings is 1. The van der Waals surface area contributed by atoms with Gasteiger partial charge >= 0.3 is 0 Å². The zero-order valence-electron chi connectivity index (χ0n) is 8.66. The quantitative estimate of drug-likeness (QED) is 0.686. The van der Waals surface area contributed by atoms with Gasteiger partial charge in [-0.05, 0) is 22.0 Å². The van der Waals surface area contributed by atoms with Crippen molar-refractivity contribution in [3.05, 3.63) is 22.4 Å². The second kappa shape index (κ2) is 5.83. The van der Waals surface area contributed by atoms with Gasteiger partial charge in [-0.2, -0.15) is 15.6 Å². The third-order valence-corrected chi connectivity index (χ3v) is 2.35. The van der Waals surface area contributed by atoms with Crippen molar-refractivity contribution in [1.82, 2.24) is 0 Å². The molecular formula is C10H6BrFN4O. The zero-order chi connectivity index (χ0) is 12.8. The van der Waals surface area contributed by atoms with E-state index in [9.17, 15) is 4.39 Å². The van der Waals surface area contributed by atoms with Gasteiger partial charge in [-0.3, -0.25) is 5.43 Å². The Labute approximate surface area is 105 Å². The van der Waals surface area contributed by atoms with E-state index in [1.807, 2.05) is 0 Å². The molecule has 0 saturated heterocycles. The van der Waals surface area contributed by atoms with Crippen molar-refractivity contribution in [3.63, 3.8) is 0 Å². The molecule has 1 N–H and O–H groups in total. The topological polar surface area (TPSA) is 81.2 Å². The highest BCUT2D eigenvalue weighted by Crippen LogP contribution is 2.30. The number of hydrogen-bond acceptors (Lipinski definition) is 5. The first-order valence-corrected chi connectivity index (χ1v) is 5.08. The average molecular weight is 297 g/mol. The van der Waals surface area contributed by atoms with Gasteiger partial charge in [-0.15, -0.1) is 0 Å². The van der Waals surface area contributed by atoms with E-state index < -0.39 is 5.82 Å². The summed E-state index contributed by atoms with van der Waals surface area (Å²) in [5, 5.41) is 20.4. The molecule has 0 fully saturated rings. The van der Waals surface area contributed by atoms with Crippen LogP contribution < -0.4 is 10.2 Å². The van der Waals surface area contributed by atoms with Crippen LogP contribution in [0.2, 0.25) is 0 Å². The minimum atomic E-state index is -0.515. The van der Waals surface area contributed by atoms with Crippen LogP contribution in [0.25, 0.3) is 0 Å². The first-order valence-electron chi connectivity index (χ1n) is 4.29. The van der Waals surface area contributed by atoms with Crippen LogP contribution >= 0.6 is 15.9 Å². The summed E-state index contributed by atoms with van der Waals surface area (Å²) in [5.41, 5.74) is 2.24. The second-order valence-electron chi connectivity index (χ2n) is 2.76. The Morgan fingerprint density at radius 3 is 2.65 bits per heavy atom. The maximum atomic E-state index is 13.3. The van der Waals surface area contributed by atoms with Crippen LogP contribution in [-0.4, -0.2) is 12.8 Å². The molecule has 17 heavy (non-hydrogen) atoms. The van der Waals surface area contributed by atoms with Crippen molar-refractivity contribution in [1.29, 1.82) is 10.5 Å². The Bertz CT molecular complexity index is 528. The first kappa shape index (κ1) is 12.9. The first-order chi connectivity index (χ1) is 8.12. The standard InChI is InChI=1S/C10H6BrFN4O/c1-17-10-2-7(11)8(12)3-9(10)16-15-6(4-13)5-14/h2-3,16H,1H3. The van der Waals surface area contributed by atoms with Crippen LogP contribution in [0.4, 0.5) is 10.1 Å². The van der Waals surface area contributed by atoms with Crippen LogP contribution in [0.5, 0.6) is 5.75 Å². The number of nitriles is 2. The molecule has 0 radical (unpaired) electrons. The molecule has 0 heterocycles. The molecule has 0 bridgehead atoms. The maximum absolute atomic E-state index is 13.3. The van der Waals surface area contributed by atoms with Gasteiger partial charge in [0.15, 0.2) is 0 Å². The Hall–Kier alpha value is -2.12. The number of halogens is 2. The normalized spacial score (nSPS) is 8.76. The smallest absolute Gasteiger partial charge is 0.237 e. The molecule has 0 aliphatic carbocycles. The minimum absolute atomic E-state index is 0.219. The molecule has 0 aliphatic heterocycles. The lowest BCUT2D eigenvalue weighted by molar-refractivity contribution is 0.415. The summed E-state index contributed by atoms with van der Waals surface area (Å²) in [6, 6.07) is 5.68. The zero-order valence-corrected chi connectivity index (χ0v) is 10.2. The van der Waals surface area contributed by atoms with Crippen molar-refractivity contribution >= 4 is 27.3 Å². The summed E-state index contributed by atoms with van der Waals surface area (Å²) >= 11 is 3.01. The van der Waals surface area contributed by atoms with Gasteiger partial charge < -0.3 is 4.74 Å². The molecule has 0 atom stereocenters. The van der Waals surface area contributed by atoms with Gasteiger partial charge in [0.05, 0.1) is 11.6 Å². The van der Waals surface area contributed by atoms with Crippen molar-refractivity contribution in [2.24, 2.45) is 5.10 Å². The Morgan fingerprint density at radius 1 is 1.47 bits per heavy atom. The van der Waals surface area contributed by atoms with E-state index in [0.29, 0.717) is 5.75 Å². The van der Waals surface area contributed by atoms with Crippen LogP contribution in [0.15, 0.2) is 21.7 Å². The summed E-state index contributed by atoms with van der Waals surface area (Å²) in [6.45, 7) is 0. The molecular weight excluding hydrogens is 291 g/mol. The lowest BCUT2D eigenvalue weighted by Crippen LogP contribution is -1.99. The van der Waals surface area contributed by atoms with Crippen LogP contribution in [0.1, 0.15) is 0 Å². The highest BCUT2D eigenvalue weighted by Gasteiger charge is 2.08. The fraction of sp³-hybridized carbons (Fsp3) is 0.100. The molecule has 0 aromatic heterocycles. The van der Waals surface area contributed by atoms with Gasteiger partial charge in [-0.25, -0.2) is 4.39 Å². The van der Waals surface area contributed by atoms with E-state index >= 15 is 0 Å². The van der Waals surface area contributed by atoms with Crippen LogP contribution in [-0.2, 0) is 0 Å². The third kappa shape index (κ3) is 3.16. The Kier molecular flexibility index (Phi) is 4.44. The SMILES string of the molecule is COc1cc(Br)c(F)cc1NN=C(C#N)C#N. The maximum Gasteiger partial charge on any atom is 0.237 e. The number of hydrazone groups is 1. The average Bonchev–Trinajstić information content (AvgIpc) is 2.34. The molecule has 0 amide bonds. The summed E-state index contributed by atoms with van der Waals surface area (Å²) in [4.78, 5) is 0. The lowest BCUT2D eigenvalue weighted by atomic mass is 10.3. The number of nitrogens with one attached hydrogen (secondary N) is 1. The molecule has 0 spiro atoms. The summed E-state index contributed by atoms with van der Waals surface area (Å²) in [7, 11) is 1.41. The fourth-order valence-corrected chi connectivity index (χ4v) is 1.30. The van der Waals surface area contributed by atoms with Crippen molar-refractivity contribution in [3.8, 4) is 17.9 Å². The summed E-state index contributed by atoms with van der Waals surface area (Å²) < 4.78 is 18.5. The van der Waals surface area contributed by atoms with Gasteiger partial charge in [0.2, 0.25) is 5.71 Å². The Balaban J connectivity index is 3.08. The van der Waals surface area contributed by atoms with Gasteiger partial charge in [0, 0.05) is 6.07 Å². The van der Waals surface area contributed by atoms with Gasteiger partial charge in [-0.1, -0.05) is 0 Å². The molecule has 0 saturated carbocycles. The molecule has 1 aromatic carbocycles. The van der Waals surface area contributed by atoms with E-state index in [1.54, 1.807) is 12.1 Å². The van der Waals surface area contributed by atoms with Crippen molar-refractivity contribution in [2.75, 3.05) is 12.5 Å². The largest absolute Gasteiger partial charge is 0.494 e. The third-order valence-electron chi connectivity index (χ3n) is 1.74. The minimum Gasteiger partial charge on any atom is -0.494 e. The molecule has 86 valence electrons. The highest BCUT2D eigenvalue weighted by atomic mass is 79.9. The number of methoxy groups -OCH3 is 1. The van der Waals surface area contributed by atoms with Crippen LogP contribution in [0, 0.1) is 28.5 Å². The molecule has 1 aromatic rings. The second-order valence-corrected chi connectivity index (χ2v) is 3.62. The fourth-order valence-electron chi connectivity index (χ4n) is 0.976. The van der Waals surface area contributed by atoms with E-state index in [1.165, 1.54) is 13.2 Å². The van der Waals surface area contributed by atoms with E-state index in [-0.39, 0.29) is 15.9 Å². The number of hydrogen-bond donors (Lipinski definition) is 1. The summed E-state index contributed by atoms with van der Waals surface area (Å²) in [6.07, 6.45) is 0. The van der Waals surface area contributed by atoms with Crippen molar-refractivity contribution < 1.29 is 9.13 Å². The van der Waals surface area contributed by atoms with E-state index in [2.05, 4.69) is 26.5 Å². The molecule has 0 aliphatic rings. The predicted molar refractivity (Wildman–Crippen MR) is 62.9 cm³/mol. The van der Waals surface area contributed by atoms with Gasteiger partial charge in [0.1, 0.15) is 29.4 Å². The highest BCUT2D eigenvalue weighted by molar-refractivity contribution is 9.10. The molecule has 0 unspecified atom stereocenters. The van der Waals surface area contributed by atoms with Crippen LogP contribution in [0.3, 0.4) is 0 Å². The Morgan fingerprint density at radius 2 is 2.12 bits per heavy atom.